The predicted molar refractivity (Wildman–Crippen MR) is 526 cm³/mol. The number of hydrogen-bond donors (Lipinski definition) is 12. The number of aliphatic hydroxyl groups excluding tert-OH is 4. The maximum atomic E-state index is 12.8. The molecule has 0 fully saturated rings. The molecule has 0 spiro atoms. The Kier molecular flexibility index (Phi) is 62.3. The van der Waals surface area contributed by atoms with Crippen LogP contribution < -0.4 is 41.8 Å². The van der Waals surface area contributed by atoms with Crippen molar-refractivity contribution in [2.45, 2.75) is 309 Å². The Morgan fingerprint density at radius 2 is 0.403 bits per heavy atom. The largest absolute Gasteiger partial charge is 0.396 e. The topological polar surface area (TPSA) is 370 Å². The molecule has 8 atom stereocenters. The molecule has 0 aliphatic rings. The SMILES string of the molecule is CC(C)C[C@@H](CN)CC[C@@H](CCO)NS(=O)(=O)c1ccc2ccccc2c1.CC(C)C[C@@H](CN)CC[C@H](CCO)NS(=O)(=O)c1ccc2ccccc2c1.CC(C)C[C@H](CN)CC[C@@H](CCO)NS(=O)(=O)c1ccc2ccccc2c1.CC(C)C[C@H](CN)CC[C@H](CCO)NS(=O)(=O)c1ccc2ccccc2c1.CCCC.CCCC.CCCC.CCCC. The summed E-state index contributed by atoms with van der Waals surface area (Å²) in [6.45, 7) is 36.9. The molecule has 20 nitrogen and oxygen atoms in total. The first-order valence-corrected chi connectivity index (χ1v) is 52.3. The Balaban J connectivity index is 0.000000778. The normalized spacial score (nSPS) is 13.6. The standard InChI is InChI=1S/4C21H32N2O3S.4C4H10/c4*1-16(2)13-17(15-22)7-9-20(11-12-24)23-27(25,26)21-10-8-18-5-3-4-6-19(18)14-21;4*1-3-4-2/h4*3-6,8,10,14,16-17,20,23-24H,7,9,11-13,15,22H2,1-2H3;4*3-4H2,1-2H3/t2*17-,20+;2*17-,20-;;;;/m1010..../s1. The van der Waals surface area contributed by atoms with E-state index in [4.69, 9.17) is 22.9 Å². The molecule has 0 saturated carbocycles. The first-order chi connectivity index (χ1) is 59.1. The van der Waals surface area contributed by atoms with Gasteiger partial charge in [0.2, 0.25) is 40.1 Å². The Morgan fingerprint density at radius 1 is 0.242 bits per heavy atom. The average molecular weight is 1800 g/mol. The minimum absolute atomic E-state index is 0.0532. The number of hydrogen-bond acceptors (Lipinski definition) is 16. The minimum Gasteiger partial charge on any atom is -0.396 e. The lowest BCUT2D eigenvalue weighted by Gasteiger charge is -2.22. The number of rotatable bonds is 48. The third-order valence-corrected chi connectivity index (χ3v) is 27.6. The lowest BCUT2D eigenvalue weighted by Crippen LogP contribution is -2.36. The molecule has 0 unspecified atom stereocenters. The molecule has 124 heavy (non-hydrogen) atoms. The number of aliphatic hydroxyl groups is 4. The van der Waals surface area contributed by atoms with Crippen LogP contribution >= 0.6 is 0 Å². The van der Waals surface area contributed by atoms with E-state index in [9.17, 15) is 54.1 Å². The van der Waals surface area contributed by atoms with Crippen molar-refractivity contribution in [2.75, 3.05) is 52.6 Å². The van der Waals surface area contributed by atoms with Crippen LogP contribution in [0.4, 0.5) is 0 Å². The van der Waals surface area contributed by atoms with Crippen molar-refractivity contribution >= 4 is 83.2 Å². The molecule has 0 heterocycles. The molecular formula is C100H168N8O12S4. The zero-order chi connectivity index (χ0) is 93.1. The van der Waals surface area contributed by atoms with Crippen molar-refractivity contribution in [3.8, 4) is 0 Å². The van der Waals surface area contributed by atoms with Crippen LogP contribution in [0.2, 0.25) is 0 Å². The molecule has 0 radical (unpaired) electrons. The smallest absolute Gasteiger partial charge is 0.240 e. The number of sulfonamides is 4. The maximum Gasteiger partial charge on any atom is 0.240 e. The van der Waals surface area contributed by atoms with Crippen LogP contribution in [0.1, 0.15) is 265 Å². The molecule has 8 aromatic carbocycles. The van der Waals surface area contributed by atoms with Crippen molar-refractivity contribution in [1.82, 2.24) is 18.9 Å². The monoisotopic (exact) mass is 1800 g/mol. The van der Waals surface area contributed by atoms with E-state index in [1.165, 1.54) is 51.4 Å². The third kappa shape index (κ3) is 48.5. The molecule has 704 valence electrons. The van der Waals surface area contributed by atoms with E-state index in [1.807, 2.05) is 121 Å². The highest BCUT2D eigenvalue weighted by Crippen LogP contribution is 2.28. The second-order valence-corrected chi connectivity index (χ2v) is 41.4. The highest BCUT2D eigenvalue weighted by Gasteiger charge is 2.27. The zero-order valence-corrected chi connectivity index (χ0v) is 82.0. The van der Waals surface area contributed by atoms with E-state index in [-0.39, 0.29) is 70.2 Å². The van der Waals surface area contributed by atoms with E-state index in [0.717, 1.165) is 94.5 Å². The predicted octanol–water partition coefficient (Wildman–Crippen LogP) is 20.3. The number of fused-ring (bicyclic) bond motifs is 4. The molecule has 0 aliphatic heterocycles. The summed E-state index contributed by atoms with van der Waals surface area (Å²) in [6.07, 6.45) is 22.3. The molecule has 8 aromatic rings. The summed E-state index contributed by atoms with van der Waals surface area (Å²) in [5.74, 6) is 3.72. The molecular weight excluding hydrogens is 1630 g/mol. The Hall–Kier alpha value is -5.88. The lowest BCUT2D eigenvalue weighted by molar-refractivity contribution is 0.261. The van der Waals surface area contributed by atoms with Gasteiger partial charge in [0.1, 0.15) is 0 Å². The Labute approximate surface area is 752 Å². The first-order valence-electron chi connectivity index (χ1n) is 46.4. The van der Waals surface area contributed by atoms with Crippen LogP contribution in [-0.4, -0.2) is 131 Å². The molecule has 24 heteroatoms. The lowest BCUT2D eigenvalue weighted by atomic mass is 9.91. The summed E-state index contributed by atoms with van der Waals surface area (Å²) in [5, 5.41) is 45.0. The van der Waals surface area contributed by atoms with Crippen molar-refractivity contribution in [2.24, 2.45) is 70.3 Å². The van der Waals surface area contributed by atoms with E-state index in [0.29, 0.717) is 125 Å². The summed E-state index contributed by atoms with van der Waals surface area (Å²) in [7, 11) is -14.6. The first kappa shape index (κ1) is 116. The van der Waals surface area contributed by atoms with Crippen molar-refractivity contribution in [3.63, 3.8) is 0 Å². The summed E-state index contributed by atoms with van der Waals surface area (Å²) in [5.41, 5.74) is 23.5. The zero-order valence-electron chi connectivity index (χ0n) is 78.7. The average Bonchev–Trinajstić information content (AvgIpc) is 0.822. The second-order valence-electron chi connectivity index (χ2n) is 34.6. The van der Waals surface area contributed by atoms with Crippen LogP contribution in [0.15, 0.2) is 189 Å². The van der Waals surface area contributed by atoms with Gasteiger partial charge < -0.3 is 43.4 Å². The van der Waals surface area contributed by atoms with Gasteiger partial charge in [-0.05, 0) is 268 Å². The fourth-order valence-corrected chi connectivity index (χ4v) is 19.3. The molecule has 8 rings (SSSR count). The number of benzene rings is 8. The van der Waals surface area contributed by atoms with E-state index in [2.05, 4.69) is 130 Å². The maximum absolute atomic E-state index is 12.8. The quantitative estimate of drug-likeness (QED) is 0.0169. The van der Waals surface area contributed by atoms with Gasteiger partial charge in [-0.15, -0.1) is 0 Å². The molecule has 0 amide bonds. The van der Waals surface area contributed by atoms with Crippen LogP contribution in [0.5, 0.6) is 0 Å². The summed E-state index contributed by atoms with van der Waals surface area (Å²) in [6, 6.07) is 50.0. The van der Waals surface area contributed by atoms with Gasteiger partial charge in [-0.2, -0.15) is 0 Å². The number of unbranched alkanes of at least 4 members (excludes halogenated alkanes) is 4. The van der Waals surface area contributed by atoms with Crippen LogP contribution in [0.3, 0.4) is 0 Å². The number of nitrogens with one attached hydrogen (secondary N) is 4. The van der Waals surface area contributed by atoms with E-state index in [1.54, 1.807) is 48.5 Å². The van der Waals surface area contributed by atoms with Crippen molar-refractivity contribution in [1.29, 1.82) is 0 Å². The molecule has 0 aliphatic carbocycles. The van der Waals surface area contributed by atoms with Gasteiger partial charge in [-0.1, -0.05) is 283 Å². The Bertz CT molecular complexity index is 3980. The highest BCUT2D eigenvalue weighted by atomic mass is 32.2. The van der Waals surface area contributed by atoms with Gasteiger partial charge in [-0.3, -0.25) is 0 Å². The Morgan fingerprint density at radius 3 is 0.540 bits per heavy atom. The highest BCUT2D eigenvalue weighted by molar-refractivity contribution is 7.90. The number of nitrogens with two attached hydrogens (primary N) is 4. The van der Waals surface area contributed by atoms with Crippen LogP contribution in [0, 0.1) is 47.3 Å². The second kappa shape index (κ2) is 66.5. The third-order valence-electron chi connectivity index (χ3n) is 21.6. The molecule has 0 saturated heterocycles. The fourth-order valence-electron chi connectivity index (χ4n) is 13.9. The van der Waals surface area contributed by atoms with Gasteiger partial charge in [-0.25, -0.2) is 52.6 Å². The van der Waals surface area contributed by atoms with Crippen LogP contribution in [-0.2, 0) is 40.1 Å². The molecule has 16 N–H and O–H groups in total. The molecule has 0 bridgehead atoms. The van der Waals surface area contributed by atoms with Gasteiger partial charge in [0, 0.05) is 50.6 Å². The van der Waals surface area contributed by atoms with Crippen molar-refractivity contribution < 1.29 is 54.1 Å². The summed E-state index contributed by atoms with van der Waals surface area (Å²) < 4.78 is 114. The van der Waals surface area contributed by atoms with Crippen LogP contribution in [0.25, 0.3) is 43.1 Å². The van der Waals surface area contributed by atoms with Gasteiger partial charge >= 0.3 is 0 Å². The molecule has 0 aromatic heterocycles. The summed E-state index contributed by atoms with van der Waals surface area (Å²) >= 11 is 0. The minimum atomic E-state index is -3.64. The van der Waals surface area contributed by atoms with Gasteiger partial charge in [0.25, 0.3) is 0 Å². The van der Waals surface area contributed by atoms with Gasteiger partial charge in [0.05, 0.1) is 19.6 Å². The van der Waals surface area contributed by atoms with Gasteiger partial charge in [0.15, 0.2) is 0 Å². The van der Waals surface area contributed by atoms with E-state index < -0.39 is 40.1 Å². The van der Waals surface area contributed by atoms with E-state index >= 15 is 0 Å². The summed E-state index contributed by atoms with van der Waals surface area (Å²) in [4.78, 5) is 1.01. The fraction of sp³-hybridized carbons (Fsp3) is 0.600. The van der Waals surface area contributed by atoms with Crippen molar-refractivity contribution in [3.05, 3.63) is 170 Å².